The zero-order valence-electron chi connectivity index (χ0n) is 18.5. The molecule has 0 aliphatic heterocycles. The molecule has 1 aromatic carbocycles. The van der Waals surface area contributed by atoms with E-state index >= 15 is 0 Å². The highest BCUT2D eigenvalue weighted by Gasteiger charge is 2.24. The number of nitrogens with zero attached hydrogens (tertiary/aromatic N) is 2. The van der Waals surface area contributed by atoms with Crippen LogP contribution in [0.15, 0.2) is 47.0 Å². The second-order valence-electron chi connectivity index (χ2n) is 9.43. The highest BCUT2D eigenvalue weighted by atomic mass is 16.3. The topological polar surface area (TPSA) is 29.9 Å². The number of aromatic nitrogens is 2. The fourth-order valence-corrected chi connectivity index (χ4v) is 5.06. The molecule has 3 heteroatoms. The van der Waals surface area contributed by atoms with E-state index in [1.165, 1.54) is 48.1 Å². The van der Waals surface area contributed by atoms with Crippen molar-refractivity contribution in [2.24, 2.45) is 13.0 Å². The van der Waals surface area contributed by atoms with Crippen molar-refractivity contribution in [3.05, 3.63) is 59.4 Å². The van der Waals surface area contributed by atoms with Crippen molar-refractivity contribution in [2.75, 3.05) is 0 Å². The Balaban J connectivity index is 1.70. The molecule has 1 saturated carbocycles. The van der Waals surface area contributed by atoms with Crippen LogP contribution < -0.4 is 4.57 Å². The summed E-state index contributed by atoms with van der Waals surface area (Å²) in [4.78, 5) is 4.85. The number of pyridine rings is 2. The molecule has 1 fully saturated rings. The predicted molar refractivity (Wildman–Crippen MR) is 123 cm³/mol. The molecule has 0 N–H and O–H groups in total. The molecule has 0 bridgehead atoms. The van der Waals surface area contributed by atoms with Crippen LogP contribution in [0.2, 0.25) is 0 Å². The van der Waals surface area contributed by atoms with Crippen LogP contribution in [0.25, 0.3) is 33.3 Å². The van der Waals surface area contributed by atoms with Gasteiger partial charge in [-0.3, -0.25) is 0 Å². The minimum atomic E-state index is 0.578. The van der Waals surface area contributed by atoms with Gasteiger partial charge in [0.15, 0.2) is 11.8 Å². The van der Waals surface area contributed by atoms with E-state index in [-0.39, 0.29) is 0 Å². The zero-order valence-corrected chi connectivity index (χ0v) is 18.5. The average Bonchev–Trinajstić information content (AvgIpc) is 3.36. The van der Waals surface area contributed by atoms with Gasteiger partial charge >= 0.3 is 0 Å². The van der Waals surface area contributed by atoms with Gasteiger partial charge in [0.25, 0.3) is 0 Å². The number of benzene rings is 1. The highest BCUT2D eigenvalue weighted by Crippen LogP contribution is 2.39. The number of hydrogen-bond acceptors (Lipinski definition) is 2. The molecule has 1 aliphatic rings. The first kappa shape index (κ1) is 19.3. The number of hydrogen-bond donors (Lipinski definition) is 0. The SMILES string of the molecule is Cc1ccc2c(oc3nc(CC(C)C)ccc32)c1-c1cc(C2CCCC2)cc[n+]1C. The van der Waals surface area contributed by atoms with Gasteiger partial charge < -0.3 is 4.42 Å². The minimum absolute atomic E-state index is 0.578. The summed E-state index contributed by atoms with van der Waals surface area (Å²) in [7, 11) is 2.13. The summed E-state index contributed by atoms with van der Waals surface area (Å²) in [6.07, 6.45) is 8.50. The summed E-state index contributed by atoms with van der Waals surface area (Å²) in [5.41, 5.74) is 7.93. The van der Waals surface area contributed by atoms with E-state index in [0.717, 1.165) is 34.2 Å². The smallest absolute Gasteiger partial charge is 0.227 e. The largest absolute Gasteiger partial charge is 0.437 e. The molecule has 0 unspecified atom stereocenters. The van der Waals surface area contributed by atoms with Gasteiger partial charge in [0.1, 0.15) is 7.05 Å². The third-order valence-electron chi connectivity index (χ3n) is 6.65. The van der Waals surface area contributed by atoms with Crippen molar-refractivity contribution in [1.29, 1.82) is 0 Å². The maximum absolute atomic E-state index is 6.44. The van der Waals surface area contributed by atoms with Crippen LogP contribution in [0.1, 0.15) is 62.3 Å². The van der Waals surface area contributed by atoms with Crippen LogP contribution in [0, 0.1) is 12.8 Å². The van der Waals surface area contributed by atoms with Crippen molar-refractivity contribution in [3.63, 3.8) is 0 Å². The number of aryl methyl sites for hydroxylation is 2. The van der Waals surface area contributed by atoms with Gasteiger partial charge in [-0.15, -0.1) is 0 Å². The van der Waals surface area contributed by atoms with Crippen LogP contribution in [0.5, 0.6) is 0 Å². The lowest BCUT2D eigenvalue weighted by Crippen LogP contribution is -2.31. The molecule has 154 valence electrons. The Bertz CT molecular complexity index is 1230. The van der Waals surface area contributed by atoms with E-state index in [0.29, 0.717) is 11.8 Å². The fraction of sp³-hybridized carbons (Fsp3) is 0.407. The standard InChI is InChI=1S/C27H31N2O/c1-17(2)15-21-10-12-23-22-11-9-18(3)25(26(22)30-27(23)28-21)24-16-20(13-14-29(24)4)19-7-5-6-8-19/h9-14,16-17,19H,5-8,15H2,1-4H3/q+1. The summed E-state index contributed by atoms with van der Waals surface area (Å²) in [5.74, 6) is 1.27. The molecular formula is C27H31N2O+. The Kier molecular flexibility index (Phi) is 4.85. The van der Waals surface area contributed by atoms with Crippen molar-refractivity contribution in [3.8, 4) is 11.3 Å². The normalized spacial score (nSPS) is 15.1. The van der Waals surface area contributed by atoms with Crippen molar-refractivity contribution >= 4 is 22.1 Å². The molecule has 5 rings (SSSR count). The van der Waals surface area contributed by atoms with Crippen molar-refractivity contribution in [2.45, 2.75) is 58.8 Å². The van der Waals surface area contributed by atoms with Gasteiger partial charge in [-0.2, -0.15) is 0 Å². The Labute approximate surface area is 178 Å². The molecule has 3 aromatic heterocycles. The first-order chi connectivity index (χ1) is 14.5. The van der Waals surface area contributed by atoms with Gasteiger partial charge in [0.2, 0.25) is 11.4 Å². The Hall–Kier alpha value is -2.68. The Morgan fingerprint density at radius 3 is 2.60 bits per heavy atom. The number of furan rings is 1. The third-order valence-corrected chi connectivity index (χ3v) is 6.65. The van der Waals surface area contributed by atoms with E-state index in [1.807, 2.05) is 0 Å². The third kappa shape index (κ3) is 3.30. The molecule has 0 saturated heterocycles. The molecule has 1 aliphatic carbocycles. The lowest BCUT2D eigenvalue weighted by molar-refractivity contribution is -0.660. The molecule has 3 nitrogen and oxygen atoms in total. The predicted octanol–water partition coefficient (Wildman–Crippen LogP) is 6.64. The maximum Gasteiger partial charge on any atom is 0.227 e. The average molecular weight is 400 g/mol. The summed E-state index contributed by atoms with van der Waals surface area (Å²) >= 11 is 0. The summed E-state index contributed by atoms with van der Waals surface area (Å²) in [5, 5.41) is 2.26. The number of fused-ring (bicyclic) bond motifs is 3. The first-order valence-electron chi connectivity index (χ1n) is 11.3. The Morgan fingerprint density at radius 2 is 1.83 bits per heavy atom. The molecule has 30 heavy (non-hydrogen) atoms. The first-order valence-corrected chi connectivity index (χ1v) is 11.3. The highest BCUT2D eigenvalue weighted by molar-refractivity contribution is 6.08. The molecule has 0 spiro atoms. The van der Waals surface area contributed by atoms with Gasteiger partial charge in [-0.25, -0.2) is 9.55 Å². The number of rotatable bonds is 4. The Morgan fingerprint density at radius 1 is 1.07 bits per heavy atom. The van der Waals surface area contributed by atoms with E-state index in [2.05, 4.69) is 75.0 Å². The van der Waals surface area contributed by atoms with E-state index in [4.69, 9.17) is 9.40 Å². The van der Waals surface area contributed by atoms with Gasteiger partial charge in [-0.1, -0.05) is 38.8 Å². The molecule has 0 atom stereocenters. The lowest BCUT2D eigenvalue weighted by Gasteiger charge is -2.11. The molecule has 3 heterocycles. The van der Waals surface area contributed by atoms with Gasteiger partial charge in [0, 0.05) is 28.6 Å². The van der Waals surface area contributed by atoms with E-state index in [9.17, 15) is 0 Å². The van der Waals surface area contributed by atoms with Crippen LogP contribution in [0.3, 0.4) is 0 Å². The zero-order chi connectivity index (χ0) is 20.8. The fourth-order valence-electron chi connectivity index (χ4n) is 5.06. The maximum atomic E-state index is 6.44. The molecular weight excluding hydrogens is 368 g/mol. The second-order valence-corrected chi connectivity index (χ2v) is 9.43. The van der Waals surface area contributed by atoms with Gasteiger partial charge in [-0.05, 0) is 61.3 Å². The van der Waals surface area contributed by atoms with Crippen LogP contribution in [-0.4, -0.2) is 4.98 Å². The van der Waals surface area contributed by atoms with Crippen molar-refractivity contribution in [1.82, 2.24) is 4.98 Å². The van der Waals surface area contributed by atoms with Crippen LogP contribution >= 0.6 is 0 Å². The molecule has 0 radical (unpaired) electrons. The molecule has 0 amide bonds. The van der Waals surface area contributed by atoms with E-state index < -0.39 is 0 Å². The van der Waals surface area contributed by atoms with Crippen LogP contribution in [0.4, 0.5) is 0 Å². The second kappa shape index (κ2) is 7.54. The monoisotopic (exact) mass is 399 g/mol. The van der Waals surface area contributed by atoms with E-state index in [1.54, 1.807) is 0 Å². The quantitative estimate of drug-likeness (QED) is 0.360. The molecule has 4 aromatic rings. The van der Waals surface area contributed by atoms with Crippen molar-refractivity contribution < 1.29 is 8.98 Å². The summed E-state index contributed by atoms with van der Waals surface area (Å²) in [6.45, 7) is 6.63. The minimum Gasteiger partial charge on any atom is -0.437 e. The lowest BCUT2D eigenvalue weighted by atomic mass is 9.94. The summed E-state index contributed by atoms with van der Waals surface area (Å²) < 4.78 is 8.66. The van der Waals surface area contributed by atoms with Crippen LogP contribution in [-0.2, 0) is 13.5 Å². The summed E-state index contributed by atoms with van der Waals surface area (Å²) in [6, 6.07) is 13.4. The van der Waals surface area contributed by atoms with Gasteiger partial charge in [0.05, 0.1) is 5.56 Å².